The molecule has 1 saturated heterocycles. The minimum Gasteiger partial charge on any atom is -0.494 e. The monoisotopic (exact) mass is 291 g/mol. The molecule has 1 atom stereocenters. The molecule has 5 heteroatoms. The van der Waals surface area contributed by atoms with Crippen LogP contribution in [0.4, 0.5) is 0 Å². The molecule has 1 aliphatic heterocycles. The van der Waals surface area contributed by atoms with E-state index in [1.807, 2.05) is 6.92 Å². The van der Waals surface area contributed by atoms with Crippen molar-refractivity contribution < 1.29 is 19.4 Å². The average molecular weight is 291 g/mol. The Hall–Kier alpha value is -2.04. The third-order valence-electron chi connectivity index (χ3n) is 3.68. The van der Waals surface area contributed by atoms with Gasteiger partial charge in [-0.25, -0.2) is 0 Å². The van der Waals surface area contributed by atoms with Gasteiger partial charge in [-0.1, -0.05) is 0 Å². The number of benzene rings is 1. The van der Waals surface area contributed by atoms with Crippen molar-refractivity contribution in [3.05, 3.63) is 29.8 Å². The number of ether oxygens (including phenoxy) is 1. The van der Waals surface area contributed by atoms with Gasteiger partial charge >= 0.3 is 5.97 Å². The largest absolute Gasteiger partial charge is 0.494 e. The van der Waals surface area contributed by atoms with Crippen LogP contribution in [-0.2, 0) is 4.79 Å². The van der Waals surface area contributed by atoms with Gasteiger partial charge in [-0.05, 0) is 49.9 Å². The predicted molar refractivity (Wildman–Crippen MR) is 78.5 cm³/mol. The molecule has 1 fully saturated rings. The van der Waals surface area contributed by atoms with Crippen molar-refractivity contribution in [2.75, 3.05) is 19.7 Å². The van der Waals surface area contributed by atoms with Crippen molar-refractivity contribution in [1.82, 2.24) is 4.90 Å². The number of likely N-dealkylation sites (tertiary alicyclic amines) is 1. The smallest absolute Gasteiger partial charge is 0.303 e. The van der Waals surface area contributed by atoms with Crippen molar-refractivity contribution in [2.45, 2.75) is 26.2 Å². The predicted octanol–water partition coefficient (Wildman–Crippen LogP) is 2.41. The minimum absolute atomic E-state index is 0.0341. The summed E-state index contributed by atoms with van der Waals surface area (Å²) >= 11 is 0. The fourth-order valence-electron chi connectivity index (χ4n) is 2.71. The first-order valence-corrected chi connectivity index (χ1v) is 7.34. The highest BCUT2D eigenvalue weighted by molar-refractivity contribution is 5.94. The SMILES string of the molecule is CCOc1ccc(C(=O)N2CCCC(CC(=O)O)C2)cc1. The maximum absolute atomic E-state index is 12.4. The number of aliphatic carboxylic acids is 1. The summed E-state index contributed by atoms with van der Waals surface area (Å²) in [6.07, 6.45) is 1.87. The third-order valence-corrected chi connectivity index (χ3v) is 3.68. The van der Waals surface area contributed by atoms with Crippen molar-refractivity contribution in [3.8, 4) is 5.75 Å². The Morgan fingerprint density at radius 2 is 2.05 bits per heavy atom. The second-order valence-electron chi connectivity index (χ2n) is 5.31. The van der Waals surface area contributed by atoms with Crippen LogP contribution in [0.25, 0.3) is 0 Å². The van der Waals surface area contributed by atoms with E-state index in [0.29, 0.717) is 25.3 Å². The second-order valence-corrected chi connectivity index (χ2v) is 5.31. The van der Waals surface area contributed by atoms with E-state index < -0.39 is 5.97 Å². The number of carboxylic acids is 1. The number of carbonyl (C=O) groups is 2. The van der Waals surface area contributed by atoms with Crippen molar-refractivity contribution in [1.29, 1.82) is 0 Å². The standard InChI is InChI=1S/C16H21NO4/c1-2-21-14-7-5-13(6-8-14)16(20)17-9-3-4-12(11-17)10-15(18)19/h5-8,12H,2-4,9-11H2,1H3,(H,18,19). The number of nitrogens with zero attached hydrogens (tertiary/aromatic N) is 1. The Morgan fingerprint density at radius 3 is 2.67 bits per heavy atom. The minimum atomic E-state index is -0.796. The quantitative estimate of drug-likeness (QED) is 0.904. The molecular formula is C16H21NO4. The van der Waals surface area contributed by atoms with Crippen molar-refractivity contribution >= 4 is 11.9 Å². The zero-order valence-electron chi connectivity index (χ0n) is 12.2. The van der Waals surface area contributed by atoms with E-state index in [4.69, 9.17) is 9.84 Å². The molecule has 1 unspecified atom stereocenters. The summed E-state index contributed by atoms with van der Waals surface area (Å²) in [5, 5.41) is 8.87. The van der Waals surface area contributed by atoms with E-state index in [-0.39, 0.29) is 18.2 Å². The molecule has 5 nitrogen and oxygen atoms in total. The number of hydrogen-bond donors (Lipinski definition) is 1. The molecule has 0 spiro atoms. The Labute approximate surface area is 124 Å². The molecule has 0 aliphatic carbocycles. The molecule has 0 aromatic heterocycles. The maximum Gasteiger partial charge on any atom is 0.303 e. The first kappa shape index (κ1) is 15.4. The van der Waals surface area contributed by atoms with Gasteiger partial charge in [0.1, 0.15) is 5.75 Å². The molecule has 0 bridgehead atoms. The van der Waals surface area contributed by atoms with Crippen LogP contribution in [0.1, 0.15) is 36.5 Å². The molecule has 0 saturated carbocycles. The number of amides is 1. The lowest BCUT2D eigenvalue weighted by Crippen LogP contribution is -2.40. The Kier molecular flexibility index (Phi) is 5.20. The summed E-state index contributed by atoms with van der Waals surface area (Å²) in [4.78, 5) is 25.0. The highest BCUT2D eigenvalue weighted by Gasteiger charge is 2.25. The van der Waals surface area contributed by atoms with E-state index in [2.05, 4.69) is 0 Å². The van der Waals surface area contributed by atoms with Crippen LogP contribution < -0.4 is 4.74 Å². The summed E-state index contributed by atoms with van der Waals surface area (Å²) in [5.74, 6) is -0.0251. The van der Waals surface area contributed by atoms with E-state index in [1.54, 1.807) is 29.2 Å². The van der Waals surface area contributed by atoms with Gasteiger partial charge in [0.25, 0.3) is 5.91 Å². The zero-order chi connectivity index (χ0) is 15.2. The lowest BCUT2D eigenvalue weighted by molar-refractivity contribution is -0.138. The second kappa shape index (κ2) is 7.11. The number of piperidine rings is 1. The lowest BCUT2D eigenvalue weighted by atomic mass is 9.94. The summed E-state index contributed by atoms with van der Waals surface area (Å²) < 4.78 is 5.36. The molecule has 1 aliphatic rings. The van der Waals surface area contributed by atoms with Gasteiger partial charge in [0.15, 0.2) is 0 Å². The molecule has 1 aromatic carbocycles. The molecule has 21 heavy (non-hydrogen) atoms. The summed E-state index contributed by atoms with van der Waals surface area (Å²) in [6, 6.07) is 7.09. The number of rotatable bonds is 5. The van der Waals surface area contributed by atoms with Crippen molar-refractivity contribution in [3.63, 3.8) is 0 Å². The Balaban J connectivity index is 1.99. The Bertz CT molecular complexity index is 498. The van der Waals surface area contributed by atoms with Crippen LogP contribution in [0.3, 0.4) is 0 Å². The van der Waals surface area contributed by atoms with Gasteiger partial charge in [-0.15, -0.1) is 0 Å². The van der Waals surface area contributed by atoms with Gasteiger partial charge in [0, 0.05) is 25.1 Å². The molecule has 1 aromatic rings. The Morgan fingerprint density at radius 1 is 1.33 bits per heavy atom. The van der Waals surface area contributed by atoms with Crippen LogP contribution in [0.15, 0.2) is 24.3 Å². The van der Waals surface area contributed by atoms with Crippen molar-refractivity contribution in [2.24, 2.45) is 5.92 Å². The number of hydrogen-bond acceptors (Lipinski definition) is 3. The number of carboxylic acid groups (broad SMARTS) is 1. The van der Waals surface area contributed by atoms with Gasteiger partial charge < -0.3 is 14.7 Å². The molecular weight excluding hydrogens is 270 g/mol. The van der Waals surface area contributed by atoms with Crippen LogP contribution in [0.5, 0.6) is 5.75 Å². The maximum atomic E-state index is 12.4. The first-order chi connectivity index (χ1) is 10.1. The fraction of sp³-hybridized carbons (Fsp3) is 0.500. The summed E-state index contributed by atoms with van der Waals surface area (Å²) in [7, 11) is 0. The molecule has 2 rings (SSSR count). The van der Waals surface area contributed by atoms with E-state index in [0.717, 1.165) is 18.6 Å². The van der Waals surface area contributed by atoms with Crippen LogP contribution in [-0.4, -0.2) is 41.6 Å². The average Bonchev–Trinajstić information content (AvgIpc) is 2.47. The lowest BCUT2D eigenvalue weighted by Gasteiger charge is -2.32. The van der Waals surface area contributed by atoms with Crippen LogP contribution >= 0.6 is 0 Å². The highest BCUT2D eigenvalue weighted by atomic mass is 16.5. The molecule has 1 N–H and O–H groups in total. The number of carbonyl (C=O) groups excluding carboxylic acids is 1. The van der Waals surface area contributed by atoms with E-state index in [9.17, 15) is 9.59 Å². The first-order valence-electron chi connectivity index (χ1n) is 7.34. The topological polar surface area (TPSA) is 66.8 Å². The van der Waals surface area contributed by atoms with Gasteiger partial charge in [0.2, 0.25) is 0 Å². The van der Waals surface area contributed by atoms with E-state index >= 15 is 0 Å². The molecule has 1 heterocycles. The summed E-state index contributed by atoms with van der Waals surface area (Å²) in [6.45, 7) is 3.73. The normalized spacial score (nSPS) is 18.3. The third kappa shape index (κ3) is 4.21. The highest BCUT2D eigenvalue weighted by Crippen LogP contribution is 2.22. The fourth-order valence-corrected chi connectivity index (χ4v) is 2.71. The summed E-state index contributed by atoms with van der Waals surface area (Å²) in [5.41, 5.74) is 0.620. The van der Waals surface area contributed by atoms with Crippen LogP contribution in [0, 0.1) is 5.92 Å². The molecule has 0 radical (unpaired) electrons. The molecule has 1 amide bonds. The molecule has 114 valence electrons. The van der Waals surface area contributed by atoms with Crippen LogP contribution in [0.2, 0.25) is 0 Å². The zero-order valence-corrected chi connectivity index (χ0v) is 12.2. The van der Waals surface area contributed by atoms with Gasteiger partial charge in [-0.3, -0.25) is 9.59 Å². The van der Waals surface area contributed by atoms with Gasteiger partial charge in [-0.2, -0.15) is 0 Å². The van der Waals surface area contributed by atoms with Gasteiger partial charge in [0.05, 0.1) is 6.61 Å². The van der Waals surface area contributed by atoms with E-state index in [1.165, 1.54) is 0 Å².